The Morgan fingerprint density at radius 2 is 1.67 bits per heavy atom. The molecule has 0 aliphatic heterocycles. The van der Waals surface area contributed by atoms with Crippen molar-refractivity contribution in [3.05, 3.63) is 65.7 Å². The molecular formula is C20H22N+. The van der Waals surface area contributed by atoms with E-state index in [1.807, 2.05) is 0 Å². The molecule has 0 radical (unpaired) electrons. The molecular weight excluding hydrogens is 254 g/mol. The van der Waals surface area contributed by atoms with Gasteiger partial charge < -0.3 is 0 Å². The number of aromatic nitrogens is 1. The van der Waals surface area contributed by atoms with E-state index in [2.05, 4.69) is 87.0 Å². The predicted molar refractivity (Wildman–Crippen MR) is 89.4 cm³/mol. The smallest absolute Gasteiger partial charge is 0.194 e. The van der Waals surface area contributed by atoms with E-state index in [0.29, 0.717) is 5.92 Å². The normalized spacial score (nSPS) is 11.3. The molecule has 1 aromatic heterocycles. The molecule has 0 fully saturated rings. The Labute approximate surface area is 126 Å². The molecule has 1 heteroatoms. The summed E-state index contributed by atoms with van der Waals surface area (Å²) in [5.74, 6) is 0.566. The van der Waals surface area contributed by atoms with Gasteiger partial charge in [0.1, 0.15) is 7.05 Å². The highest BCUT2D eigenvalue weighted by molar-refractivity contribution is 5.78. The van der Waals surface area contributed by atoms with E-state index in [4.69, 9.17) is 0 Å². The number of aryl methyl sites for hydroxylation is 2. The van der Waals surface area contributed by atoms with Crippen molar-refractivity contribution in [3.63, 3.8) is 0 Å². The van der Waals surface area contributed by atoms with Crippen molar-refractivity contribution in [1.29, 1.82) is 0 Å². The Hall–Kier alpha value is -2.15. The average Bonchev–Trinajstić information content (AvgIpc) is 2.48. The third-order valence-corrected chi connectivity index (χ3v) is 4.28. The molecule has 0 aliphatic rings. The molecule has 0 amide bonds. The Balaban J connectivity index is 2.22. The van der Waals surface area contributed by atoms with Crippen molar-refractivity contribution in [2.24, 2.45) is 7.05 Å². The summed E-state index contributed by atoms with van der Waals surface area (Å²) in [6.07, 6.45) is 0. The van der Waals surface area contributed by atoms with Crippen molar-refractivity contribution in [1.82, 2.24) is 0 Å². The van der Waals surface area contributed by atoms with Gasteiger partial charge in [-0.2, -0.15) is 4.57 Å². The Morgan fingerprint density at radius 1 is 0.905 bits per heavy atom. The number of hydrogen-bond donors (Lipinski definition) is 0. The summed E-state index contributed by atoms with van der Waals surface area (Å²) in [7, 11) is 2.15. The number of rotatable bonds is 2. The zero-order valence-electron chi connectivity index (χ0n) is 13.2. The molecule has 0 unspecified atom stereocenters. The second-order valence-corrected chi connectivity index (χ2v) is 6.07. The number of pyridine rings is 1. The Bertz CT molecular complexity index is 800. The van der Waals surface area contributed by atoms with Crippen LogP contribution in [0.25, 0.3) is 22.2 Å². The molecule has 2 aromatic carbocycles. The van der Waals surface area contributed by atoms with Crippen molar-refractivity contribution in [3.8, 4) is 11.3 Å². The van der Waals surface area contributed by atoms with Crippen LogP contribution in [0.2, 0.25) is 0 Å². The summed E-state index contributed by atoms with van der Waals surface area (Å²) in [6.45, 7) is 6.65. The fourth-order valence-electron chi connectivity index (χ4n) is 2.91. The van der Waals surface area contributed by atoms with Crippen LogP contribution in [-0.2, 0) is 7.05 Å². The Morgan fingerprint density at radius 3 is 2.38 bits per heavy atom. The number of hydrogen-bond acceptors (Lipinski definition) is 0. The zero-order chi connectivity index (χ0) is 15.0. The molecule has 0 atom stereocenters. The van der Waals surface area contributed by atoms with Crippen LogP contribution < -0.4 is 4.57 Å². The van der Waals surface area contributed by atoms with Gasteiger partial charge in [-0.15, -0.1) is 0 Å². The van der Waals surface area contributed by atoms with Gasteiger partial charge in [-0.3, -0.25) is 0 Å². The number of fused-ring (bicyclic) bond motifs is 1. The lowest BCUT2D eigenvalue weighted by Gasteiger charge is -2.09. The van der Waals surface area contributed by atoms with Crippen LogP contribution in [0.15, 0.2) is 54.6 Å². The van der Waals surface area contributed by atoms with E-state index in [0.717, 1.165) is 0 Å². The summed E-state index contributed by atoms with van der Waals surface area (Å²) in [5.41, 5.74) is 6.55. The molecule has 1 heterocycles. The van der Waals surface area contributed by atoms with Gasteiger partial charge in [-0.1, -0.05) is 38.1 Å². The first-order valence-electron chi connectivity index (χ1n) is 7.56. The summed E-state index contributed by atoms with van der Waals surface area (Å²) < 4.78 is 2.29. The van der Waals surface area contributed by atoms with Crippen LogP contribution in [0.4, 0.5) is 0 Å². The minimum Gasteiger partial charge on any atom is -0.194 e. The van der Waals surface area contributed by atoms with E-state index < -0.39 is 0 Å². The molecule has 0 aliphatic carbocycles. The van der Waals surface area contributed by atoms with E-state index in [-0.39, 0.29) is 0 Å². The summed E-state index contributed by atoms with van der Waals surface area (Å²) in [6, 6.07) is 19.8. The minimum atomic E-state index is 0.566. The first-order chi connectivity index (χ1) is 10.1. The molecule has 106 valence electrons. The second kappa shape index (κ2) is 5.33. The van der Waals surface area contributed by atoms with Crippen LogP contribution in [0, 0.1) is 6.92 Å². The molecule has 0 spiro atoms. The van der Waals surface area contributed by atoms with E-state index in [9.17, 15) is 0 Å². The third-order valence-electron chi connectivity index (χ3n) is 4.28. The topological polar surface area (TPSA) is 3.88 Å². The van der Waals surface area contributed by atoms with Crippen LogP contribution in [0.1, 0.15) is 30.9 Å². The molecule has 0 saturated carbocycles. The van der Waals surface area contributed by atoms with Gasteiger partial charge in [0.2, 0.25) is 11.2 Å². The maximum absolute atomic E-state index is 2.31. The van der Waals surface area contributed by atoms with Crippen LogP contribution >= 0.6 is 0 Å². The number of nitrogens with zero attached hydrogens (tertiary/aromatic N) is 1. The van der Waals surface area contributed by atoms with Gasteiger partial charge in [0, 0.05) is 23.1 Å². The molecule has 21 heavy (non-hydrogen) atoms. The lowest BCUT2D eigenvalue weighted by atomic mass is 9.99. The lowest BCUT2D eigenvalue weighted by molar-refractivity contribution is -0.633. The largest absolute Gasteiger partial charge is 0.213 e. The Kier molecular flexibility index (Phi) is 3.50. The molecule has 3 rings (SSSR count). The fourth-order valence-corrected chi connectivity index (χ4v) is 2.91. The summed E-state index contributed by atoms with van der Waals surface area (Å²) >= 11 is 0. The van der Waals surface area contributed by atoms with Crippen LogP contribution in [0.5, 0.6) is 0 Å². The quantitative estimate of drug-likeness (QED) is 0.594. The van der Waals surface area contributed by atoms with Crippen molar-refractivity contribution in [2.75, 3.05) is 0 Å². The second-order valence-electron chi connectivity index (χ2n) is 6.07. The molecule has 1 nitrogen and oxygen atoms in total. The first kappa shape index (κ1) is 13.8. The van der Waals surface area contributed by atoms with Crippen molar-refractivity contribution >= 4 is 10.9 Å². The van der Waals surface area contributed by atoms with E-state index >= 15 is 0 Å². The molecule has 0 bridgehead atoms. The minimum absolute atomic E-state index is 0.566. The predicted octanol–water partition coefficient (Wildman–Crippen LogP) is 4.76. The fraction of sp³-hybridized carbons (Fsp3) is 0.250. The molecule has 0 N–H and O–H groups in total. The first-order valence-corrected chi connectivity index (χ1v) is 7.56. The summed E-state index contributed by atoms with van der Waals surface area (Å²) in [5, 5.41) is 1.31. The average molecular weight is 276 g/mol. The van der Waals surface area contributed by atoms with Crippen molar-refractivity contribution in [2.45, 2.75) is 26.7 Å². The highest BCUT2D eigenvalue weighted by Gasteiger charge is 2.15. The number of benzene rings is 2. The van der Waals surface area contributed by atoms with Gasteiger partial charge >= 0.3 is 0 Å². The van der Waals surface area contributed by atoms with Gasteiger partial charge in [-0.05, 0) is 42.2 Å². The van der Waals surface area contributed by atoms with Gasteiger partial charge in [-0.25, -0.2) is 0 Å². The highest BCUT2D eigenvalue weighted by atomic mass is 14.9. The van der Waals surface area contributed by atoms with Crippen LogP contribution in [-0.4, -0.2) is 0 Å². The van der Waals surface area contributed by atoms with E-state index in [1.54, 1.807) is 0 Å². The van der Waals surface area contributed by atoms with Gasteiger partial charge in [0.15, 0.2) is 0 Å². The monoisotopic (exact) mass is 276 g/mol. The lowest BCUT2D eigenvalue weighted by Crippen LogP contribution is -2.32. The maximum Gasteiger partial charge on any atom is 0.213 e. The summed E-state index contributed by atoms with van der Waals surface area (Å²) in [4.78, 5) is 0. The molecule has 3 aromatic rings. The van der Waals surface area contributed by atoms with Gasteiger partial charge in [0.05, 0.1) is 0 Å². The third kappa shape index (κ3) is 2.44. The van der Waals surface area contributed by atoms with Crippen LogP contribution in [0.3, 0.4) is 0 Å². The van der Waals surface area contributed by atoms with E-state index in [1.165, 1.54) is 33.3 Å². The zero-order valence-corrected chi connectivity index (χ0v) is 13.2. The molecule has 0 saturated heterocycles. The SMILES string of the molecule is Cc1ccccc1-c1ccc2cc(C(C)C)ccc2[n+]1C. The van der Waals surface area contributed by atoms with Crippen molar-refractivity contribution < 1.29 is 4.57 Å². The maximum atomic E-state index is 2.31. The highest BCUT2D eigenvalue weighted by Crippen LogP contribution is 2.24. The van der Waals surface area contributed by atoms with Gasteiger partial charge in [0.25, 0.3) is 0 Å². The standard InChI is InChI=1S/C20H22N/c1-14(2)16-9-11-19-17(13-16)10-12-20(21(19)4)18-8-6-5-7-15(18)3/h5-14H,1-4H3/q+1.